The fourth-order valence-corrected chi connectivity index (χ4v) is 4.79. The van der Waals surface area contributed by atoms with E-state index in [4.69, 9.17) is 0 Å². The molecule has 1 saturated heterocycles. The van der Waals surface area contributed by atoms with Gasteiger partial charge >= 0.3 is 6.18 Å². The second-order valence-electron chi connectivity index (χ2n) is 7.32. The lowest BCUT2D eigenvalue weighted by atomic mass is 10.1. The summed E-state index contributed by atoms with van der Waals surface area (Å²) >= 11 is 0. The minimum Gasteiger partial charge on any atom is -0.369 e. The highest BCUT2D eigenvalue weighted by atomic mass is 32.2. The summed E-state index contributed by atoms with van der Waals surface area (Å²) in [5.41, 5.74) is 0.977. The Kier molecular flexibility index (Phi) is 6.90. The monoisotopic (exact) mass is 455 g/mol. The van der Waals surface area contributed by atoms with Crippen LogP contribution in [0.2, 0.25) is 0 Å². The third kappa shape index (κ3) is 5.76. The van der Waals surface area contributed by atoms with Gasteiger partial charge in [0.05, 0.1) is 11.3 Å². The van der Waals surface area contributed by atoms with Crippen molar-refractivity contribution >= 4 is 21.6 Å². The van der Waals surface area contributed by atoms with Crippen molar-refractivity contribution in [1.82, 2.24) is 9.62 Å². The van der Waals surface area contributed by atoms with Crippen LogP contribution >= 0.6 is 0 Å². The minimum absolute atomic E-state index is 0.0245. The van der Waals surface area contributed by atoms with Gasteiger partial charge in [-0.15, -0.1) is 0 Å². The number of aryl methyl sites for hydroxylation is 1. The number of carbonyl (C=O) groups is 1. The number of rotatable bonds is 6. The van der Waals surface area contributed by atoms with Gasteiger partial charge in [0.25, 0.3) is 5.91 Å². The Bertz CT molecular complexity index is 1030. The Morgan fingerprint density at radius 2 is 1.71 bits per heavy atom. The Morgan fingerprint density at radius 3 is 2.35 bits per heavy atom. The number of anilines is 1. The van der Waals surface area contributed by atoms with Crippen molar-refractivity contribution in [2.75, 3.05) is 43.4 Å². The van der Waals surface area contributed by atoms with E-state index in [0.29, 0.717) is 11.3 Å². The first-order valence-corrected chi connectivity index (χ1v) is 11.4. The van der Waals surface area contributed by atoms with Crippen LogP contribution in [0, 0.1) is 6.92 Å². The van der Waals surface area contributed by atoms with Gasteiger partial charge in [-0.25, -0.2) is 8.42 Å². The molecule has 6 nitrogen and oxygen atoms in total. The maximum atomic E-state index is 12.9. The van der Waals surface area contributed by atoms with Crippen LogP contribution in [0.4, 0.5) is 18.9 Å². The molecule has 0 spiro atoms. The fraction of sp³-hybridized carbons (Fsp3) is 0.381. The van der Waals surface area contributed by atoms with Crippen LogP contribution in [0.5, 0.6) is 0 Å². The number of alkyl halides is 3. The number of sulfonamides is 1. The largest absolute Gasteiger partial charge is 0.416 e. The molecular formula is C21H24F3N3O3S. The number of nitrogens with one attached hydrogen (secondary N) is 1. The van der Waals surface area contributed by atoms with E-state index in [-0.39, 0.29) is 44.4 Å². The smallest absolute Gasteiger partial charge is 0.369 e. The van der Waals surface area contributed by atoms with Crippen molar-refractivity contribution < 1.29 is 26.4 Å². The van der Waals surface area contributed by atoms with Crippen molar-refractivity contribution in [2.24, 2.45) is 0 Å². The third-order valence-corrected chi connectivity index (χ3v) is 7.08. The predicted octanol–water partition coefficient (Wildman–Crippen LogP) is 2.90. The third-order valence-electron chi connectivity index (χ3n) is 5.21. The predicted molar refractivity (Wildman–Crippen MR) is 113 cm³/mol. The molecule has 0 aromatic heterocycles. The van der Waals surface area contributed by atoms with E-state index in [1.54, 1.807) is 36.1 Å². The Hall–Kier alpha value is -2.59. The van der Waals surface area contributed by atoms with Crippen molar-refractivity contribution in [2.45, 2.75) is 13.1 Å². The molecule has 1 amide bonds. The van der Waals surface area contributed by atoms with Crippen LogP contribution in [-0.4, -0.2) is 57.1 Å². The quantitative estimate of drug-likeness (QED) is 0.727. The molecule has 1 heterocycles. The molecule has 0 bridgehead atoms. The van der Waals surface area contributed by atoms with E-state index in [1.807, 2.05) is 6.07 Å². The van der Waals surface area contributed by atoms with Gasteiger partial charge in [-0.05, 0) is 36.8 Å². The summed E-state index contributed by atoms with van der Waals surface area (Å²) in [5, 5.41) is 2.63. The molecule has 1 N–H and O–H groups in total. The average molecular weight is 456 g/mol. The summed E-state index contributed by atoms with van der Waals surface area (Å²) in [7, 11) is -3.60. The molecule has 1 fully saturated rings. The maximum absolute atomic E-state index is 12.9. The SMILES string of the molecule is Cc1ccccc1C(=O)NCCS(=O)(=O)N1CCN(c2cccc(C(F)(F)F)c2)CC1. The van der Waals surface area contributed by atoms with Gasteiger partial charge in [0.2, 0.25) is 10.0 Å². The first kappa shape index (κ1) is 23.1. The Morgan fingerprint density at radius 1 is 1.03 bits per heavy atom. The molecule has 31 heavy (non-hydrogen) atoms. The highest BCUT2D eigenvalue weighted by Gasteiger charge is 2.32. The minimum atomic E-state index is -4.43. The Labute approximate surface area is 179 Å². The number of nitrogens with zero attached hydrogens (tertiary/aromatic N) is 2. The summed E-state index contributed by atoms with van der Waals surface area (Å²) in [4.78, 5) is 14.0. The molecule has 2 aromatic carbocycles. The van der Waals surface area contributed by atoms with Crippen LogP contribution in [0.3, 0.4) is 0 Å². The van der Waals surface area contributed by atoms with Gasteiger partial charge in [0.15, 0.2) is 0 Å². The molecule has 0 radical (unpaired) electrons. The standard InChI is InChI=1S/C21H24F3N3O3S/c1-16-5-2-3-8-19(16)20(28)25-9-14-31(29,30)27-12-10-26(11-13-27)18-7-4-6-17(15-18)21(22,23)24/h2-8,15H,9-14H2,1H3,(H,25,28). The van der Waals surface area contributed by atoms with Gasteiger partial charge in [0.1, 0.15) is 0 Å². The van der Waals surface area contributed by atoms with Crippen LogP contribution in [0.25, 0.3) is 0 Å². The van der Waals surface area contributed by atoms with E-state index >= 15 is 0 Å². The number of halogens is 3. The van der Waals surface area contributed by atoms with E-state index in [0.717, 1.165) is 17.7 Å². The molecule has 1 aliphatic rings. The number of amides is 1. The highest BCUT2D eigenvalue weighted by molar-refractivity contribution is 7.89. The van der Waals surface area contributed by atoms with E-state index < -0.39 is 21.8 Å². The number of piperazine rings is 1. The number of hydrogen-bond donors (Lipinski definition) is 1. The van der Waals surface area contributed by atoms with Gasteiger partial charge in [0, 0.05) is 44.0 Å². The van der Waals surface area contributed by atoms with Crippen LogP contribution in [-0.2, 0) is 16.2 Å². The lowest BCUT2D eigenvalue weighted by Crippen LogP contribution is -2.50. The van der Waals surface area contributed by atoms with E-state index in [9.17, 15) is 26.4 Å². The van der Waals surface area contributed by atoms with Crippen LogP contribution < -0.4 is 10.2 Å². The molecule has 0 saturated carbocycles. The first-order valence-electron chi connectivity index (χ1n) is 9.82. The molecule has 0 atom stereocenters. The molecule has 0 unspecified atom stereocenters. The van der Waals surface area contributed by atoms with Crippen LogP contribution in [0.1, 0.15) is 21.5 Å². The number of hydrogen-bond acceptors (Lipinski definition) is 4. The zero-order valence-electron chi connectivity index (χ0n) is 17.0. The van der Waals surface area contributed by atoms with Crippen molar-refractivity contribution in [3.63, 3.8) is 0 Å². The summed E-state index contributed by atoms with van der Waals surface area (Å²) in [5.74, 6) is -0.573. The zero-order valence-corrected chi connectivity index (χ0v) is 17.8. The van der Waals surface area contributed by atoms with Crippen molar-refractivity contribution in [3.8, 4) is 0 Å². The molecule has 10 heteroatoms. The van der Waals surface area contributed by atoms with Gasteiger partial charge in [-0.1, -0.05) is 24.3 Å². The van der Waals surface area contributed by atoms with E-state index in [1.165, 1.54) is 10.4 Å². The lowest BCUT2D eigenvalue weighted by molar-refractivity contribution is -0.137. The van der Waals surface area contributed by atoms with E-state index in [2.05, 4.69) is 5.32 Å². The zero-order chi connectivity index (χ0) is 22.6. The maximum Gasteiger partial charge on any atom is 0.416 e. The molecule has 168 valence electrons. The second kappa shape index (κ2) is 9.27. The van der Waals surface area contributed by atoms with Crippen molar-refractivity contribution in [1.29, 1.82) is 0 Å². The lowest BCUT2D eigenvalue weighted by Gasteiger charge is -2.35. The highest BCUT2D eigenvalue weighted by Crippen LogP contribution is 2.32. The fourth-order valence-electron chi connectivity index (χ4n) is 3.45. The average Bonchev–Trinajstić information content (AvgIpc) is 2.73. The summed E-state index contributed by atoms with van der Waals surface area (Å²) in [6.45, 7) is 2.69. The summed E-state index contributed by atoms with van der Waals surface area (Å²) in [6, 6.07) is 12.0. The van der Waals surface area contributed by atoms with Gasteiger partial charge in [-0.3, -0.25) is 4.79 Å². The van der Waals surface area contributed by atoms with Gasteiger partial charge in [-0.2, -0.15) is 17.5 Å². The summed E-state index contributed by atoms with van der Waals surface area (Å²) in [6.07, 6.45) is -4.43. The molecule has 3 rings (SSSR count). The second-order valence-corrected chi connectivity index (χ2v) is 9.41. The molecule has 2 aromatic rings. The molecule has 0 aliphatic carbocycles. The molecular weight excluding hydrogens is 431 g/mol. The molecule has 1 aliphatic heterocycles. The number of benzene rings is 2. The first-order chi connectivity index (χ1) is 14.6. The van der Waals surface area contributed by atoms with Gasteiger partial charge < -0.3 is 10.2 Å². The summed E-state index contributed by atoms with van der Waals surface area (Å²) < 4.78 is 65.3. The number of carbonyl (C=O) groups excluding carboxylic acids is 1. The normalized spacial score (nSPS) is 15.7. The topological polar surface area (TPSA) is 69.7 Å². The Balaban J connectivity index is 1.53. The van der Waals surface area contributed by atoms with Crippen LogP contribution in [0.15, 0.2) is 48.5 Å². The van der Waals surface area contributed by atoms with Crippen molar-refractivity contribution in [3.05, 3.63) is 65.2 Å².